The van der Waals surface area contributed by atoms with Crippen LogP contribution in [-0.2, 0) is 4.79 Å². The molecule has 3 nitrogen and oxygen atoms in total. The van der Waals surface area contributed by atoms with Crippen molar-refractivity contribution in [2.24, 2.45) is 5.92 Å². The van der Waals surface area contributed by atoms with Gasteiger partial charge in [-0.05, 0) is 41.6 Å². The van der Waals surface area contributed by atoms with Gasteiger partial charge in [-0.15, -0.1) is 0 Å². The molecule has 4 heteroatoms. The molecular formula is C10H11IO3. The summed E-state index contributed by atoms with van der Waals surface area (Å²) < 4.78 is 6.36. The Hall–Kier alpha value is -0.780. The van der Waals surface area contributed by atoms with E-state index in [0.717, 1.165) is 9.32 Å². The number of ether oxygens (including phenoxy) is 1. The third kappa shape index (κ3) is 3.17. The molecule has 0 spiro atoms. The maximum atomic E-state index is 10.5. The van der Waals surface area contributed by atoms with Crippen LogP contribution in [-0.4, -0.2) is 17.7 Å². The molecule has 1 aromatic carbocycles. The first-order valence-electron chi connectivity index (χ1n) is 4.21. The van der Waals surface area contributed by atoms with Crippen LogP contribution in [0.3, 0.4) is 0 Å². The predicted molar refractivity (Wildman–Crippen MR) is 61.5 cm³/mol. The third-order valence-corrected chi connectivity index (χ3v) is 2.64. The summed E-state index contributed by atoms with van der Waals surface area (Å²) in [5.41, 5.74) is 0. The van der Waals surface area contributed by atoms with E-state index < -0.39 is 11.9 Å². The van der Waals surface area contributed by atoms with E-state index in [1.54, 1.807) is 6.92 Å². The molecule has 0 aliphatic heterocycles. The van der Waals surface area contributed by atoms with E-state index in [4.69, 9.17) is 9.84 Å². The van der Waals surface area contributed by atoms with Gasteiger partial charge in [-0.25, -0.2) is 0 Å². The van der Waals surface area contributed by atoms with Crippen molar-refractivity contribution in [3.05, 3.63) is 27.8 Å². The molecule has 0 bridgehead atoms. The summed E-state index contributed by atoms with van der Waals surface area (Å²) in [5.74, 6) is -0.580. The van der Waals surface area contributed by atoms with E-state index in [0.29, 0.717) is 0 Å². The van der Waals surface area contributed by atoms with Gasteiger partial charge in [0.25, 0.3) is 0 Å². The molecule has 1 rings (SSSR count). The highest BCUT2D eigenvalue weighted by Gasteiger charge is 2.11. The van der Waals surface area contributed by atoms with Gasteiger partial charge >= 0.3 is 5.97 Å². The van der Waals surface area contributed by atoms with E-state index in [1.807, 2.05) is 24.3 Å². The smallest absolute Gasteiger partial charge is 0.309 e. The molecular weight excluding hydrogens is 295 g/mol. The predicted octanol–water partition coefficient (Wildman–Crippen LogP) is 2.39. The summed E-state index contributed by atoms with van der Waals surface area (Å²) in [4.78, 5) is 10.5. The lowest BCUT2D eigenvalue weighted by molar-refractivity contribution is -0.142. The van der Waals surface area contributed by atoms with Gasteiger partial charge in [0, 0.05) is 0 Å². The van der Waals surface area contributed by atoms with Crippen LogP contribution in [0.5, 0.6) is 5.75 Å². The van der Waals surface area contributed by atoms with Crippen molar-refractivity contribution in [3.63, 3.8) is 0 Å². The molecule has 0 aliphatic rings. The molecule has 0 aliphatic carbocycles. The van der Waals surface area contributed by atoms with Crippen LogP contribution in [0.2, 0.25) is 0 Å². The highest BCUT2D eigenvalue weighted by Crippen LogP contribution is 2.20. The zero-order chi connectivity index (χ0) is 10.6. The quantitative estimate of drug-likeness (QED) is 0.869. The number of benzene rings is 1. The first-order valence-corrected chi connectivity index (χ1v) is 5.29. The minimum Gasteiger partial charge on any atom is -0.492 e. The second-order valence-corrected chi connectivity index (χ2v) is 4.14. The number of halogens is 1. The maximum Gasteiger partial charge on any atom is 0.309 e. The molecule has 14 heavy (non-hydrogen) atoms. The van der Waals surface area contributed by atoms with Crippen LogP contribution in [0, 0.1) is 9.49 Å². The summed E-state index contributed by atoms with van der Waals surface area (Å²) in [5, 5.41) is 8.65. The van der Waals surface area contributed by atoms with Crippen LogP contribution < -0.4 is 4.74 Å². The average Bonchev–Trinajstić information content (AvgIpc) is 2.16. The van der Waals surface area contributed by atoms with E-state index in [1.165, 1.54) is 0 Å². The standard InChI is InChI=1S/C10H11IO3/c1-7(10(12)13)6-14-9-5-3-2-4-8(9)11/h2-5,7H,6H2,1H3,(H,12,13). The number of para-hydroxylation sites is 1. The number of carboxylic acid groups (broad SMARTS) is 1. The van der Waals surface area contributed by atoms with E-state index in [9.17, 15) is 4.79 Å². The molecule has 1 atom stereocenters. The first kappa shape index (κ1) is 11.3. The zero-order valence-corrected chi connectivity index (χ0v) is 9.89. The number of aliphatic carboxylic acids is 1. The fraction of sp³-hybridized carbons (Fsp3) is 0.300. The van der Waals surface area contributed by atoms with Gasteiger partial charge in [0.15, 0.2) is 0 Å². The first-order chi connectivity index (χ1) is 6.61. The average molecular weight is 306 g/mol. The Morgan fingerprint density at radius 1 is 1.57 bits per heavy atom. The fourth-order valence-corrected chi connectivity index (χ4v) is 1.39. The Bertz CT molecular complexity index is 325. The van der Waals surface area contributed by atoms with E-state index in [-0.39, 0.29) is 6.61 Å². The third-order valence-electron chi connectivity index (χ3n) is 1.75. The van der Waals surface area contributed by atoms with Gasteiger partial charge in [0.1, 0.15) is 12.4 Å². The highest BCUT2D eigenvalue weighted by atomic mass is 127. The minimum atomic E-state index is -0.837. The molecule has 0 aromatic heterocycles. The molecule has 1 unspecified atom stereocenters. The number of rotatable bonds is 4. The fourth-order valence-electron chi connectivity index (χ4n) is 0.848. The van der Waals surface area contributed by atoms with Crippen LogP contribution >= 0.6 is 22.6 Å². The molecule has 0 saturated heterocycles. The molecule has 1 aromatic rings. The number of carboxylic acids is 1. The number of hydrogen-bond donors (Lipinski definition) is 1. The summed E-state index contributed by atoms with van der Waals surface area (Å²) in [6.45, 7) is 1.83. The van der Waals surface area contributed by atoms with Crippen molar-refractivity contribution in [2.45, 2.75) is 6.92 Å². The molecule has 76 valence electrons. The van der Waals surface area contributed by atoms with E-state index >= 15 is 0 Å². The van der Waals surface area contributed by atoms with Crippen molar-refractivity contribution >= 4 is 28.6 Å². The highest BCUT2D eigenvalue weighted by molar-refractivity contribution is 14.1. The molecule has 1 N–H and O–H groups in total. The Balaban J connectivity index is 2.54. The second kappa shape index (κ2) is 5.19. The topological polar surface area (TPSA) is 46.5 Å². The van der Waals surface area contributed by atoms with Gasteiger partial charge in [0.2, 0.25) is 0 Å². The van der Waals surface area contributed by atoms with Crippen LogP contribution in [0.1, 0.15) is 6.92 Å². The number of carbonyl (C=O) groups is 1. The maximum absolute atomic E-state index is 10.5. The lowest BCUT2D eigenvalue weighted by Crippen LogP contribution is -2.18. The van der Waals surface area contributed by atoms with Gasteiger partial charge in [0.05, 0.1) is 9.49 Å². The zero-order valence-electron chi connectivity index (χ0n) is 7.74. The van der Waals surface area contributed by atoms with E-state index in [2.05, 4.69) is 22.6 Å². The van der Waals surface area contributed by atoms with Gasteiger partial charge in [-0.3, -0.25) is 4.79 Å². The number of hydrogen-bond acceptors (Lipinski definition) is 2. The van der Waals surface area contributed by atoms with Crippen molar-refractivity contribution in [1.29, 1.82) is 0 Å². The van der Waals surface area contributed by atoms with Gasteiger partial charge in [-0.2, -0.15) is 0 Å². The summed E-state index contributed by atoms with van der Waals surface area (Å²) in [6.07, 6.45) is 0. The summed E-state index contributed by atoms with van der Waals surface area (Å²) >= 11 is 2.15. The van der Waals surface area contributed by atoms with Crippen LogP contribution in [0.25, 0.3) is 0 Å². The van der Waals surface area contributed by atoms with Crippen molar-refractivity contribution < 1.29 is 14.6 Å². The van der Waals surface area contributed by atoms with Crippen molar-refractivity contribution in [1.82, 2.24) is 0 Å². The summed E-state index contributed by atoms with van der Waals surface area (Å²) in [7, 11) is 0. The van der Waals surface area contributed by atoms with Crippen LogP contribution in [0.4, 0.5) is 0 Å². The Morgan fingerprint density at radius 3 is 2.79 bits per heavy atom. The molecule has 0 amide bonds. The Labute approximate surface area is 96.2 Å². The summed E-state index contributed by atoms with van der Waals surface area (Å²) in [6, 6.07) is 7.52. The Kier molecular flexibility index (Phi) is 4.19. The molecule has 0 fully saturated rings. The van der Waals surface area contributed by atoms with Crippen LogP contribution in [0.15, 0.2) is 24.3 Å². The minimum absolute atomic E-state index is 0.204. The largest absolute Gasteiger partial charge is 0.492 e. The molecule has 0 heterocycles. The normalized spacial score (nSPS) is 12.1. The van der Waals surface area contributed by atoms with Crippen molar-refractivity contribution in [3.8, 4) is 5.75 Å². The van der Waals surface area contributed by atoms with Gasteiger partial charge < -0.3 is 9.84 Å². The molecule has 0 radical (unpaired) electrons. The molecule has 0 saturated carbocycles. The van der Waals surface area contributed by atoms with Crippen molar-refractivity contribution in [2.75, 3.05) is 6.61 Å². The lowest BCUT2D eigenvalue weighted by Gasteiger charge is -2.10. The SMILES string of the molecule is CC(COc1ccccc1I)C(=O)O. The Morgan fingerprint density at radius 2 is 2.21 bits per heavy atom. The monoisotopic (exact) mass is 306 g/mol. The van der Waals surface area contributed by atoms with Gasteiger partial charge in [-0.1, -0.05) is 12.1 Å². The lowest BCUT2D eigenvalue weighted by atomic mass is 10.2. The second-order valence-electron chi connectivity index (χ2n) is 2.98.